The van der Waals surface area contributed by atoms with Crippen molar-refractivity contribution in [1.29, 1.82) is 0 Å². The first-order valence-electron chi connectivity index (χ1n) is 6.50. The molecule has 0 aliphatic carbocycles. The highest BCUT2D eigenvalue weighted by Gasteiger charge is 2.16. The highest BCUT2D eigenvalue weighted by molar-refractivity contribution is 5.92. The van der Waals surface area contributed by atoms with Gasteiger partial charge in [-0.25, -0.2) is 9.89 Å². The van der Waals surface area contributed by atoms with Crippen molar-refractivity contribution >= 4 is 5.91 Å². The van der Waals surface area contributed by atoms with Gasteiger partial charge in [0.05, 0.1) is 12.2 Å². The van der Waals surface area contributed by atoms with Crippen molar-refractivity contribution in [2.24, 2.45) is 0 Å². The van der Waals surface area contributed by atoms with Crippen LogP contribution in [0.5, 0.6) is 0 Å². The van der Waals surface area contributed by atoms with Crippen LogP contribution in [0, 0.1) is 0 Å². The normalized spacial score (nSPS) is 11.0. The molecule has 2 heterocycles. The second kappa shape index (κ2) is 5.72. The Kier molecular flexibility index (Phi) is 4.02. The largest absolute Gasteiger partial charge is 0.343 e. The molecule has 0 aromatic carbocycles. The molecule has 0 aliphatic heterocycles. The van der Waals surface area contributed by atoms with Crippen LogP contribution in [0.1, 0.15) is 48.7 Å². The Morgan fingerprint density at radius 1 is 1.50 bits per heavy atom. The SMILES string of the molecule is CCn1nc(C(C)C)cc1C(=O)NCc1n[nH]c(=O)[nH]1. The molecule has 0 unspecified atom stereocenters. The predicted octanol–water partition coefficient (Wildman–Crippen LogP) is 0.368. The molecule has 0 saturated heterocycles. The second-order valence-electron chi connectivity index (χ2n) is 4.73. The standard InChI is InChI=1S/C12H18N6O2/c1-4-18-9(5-8(17-18)7(2)3)11(19)13-6-10-14-12(20)16-15-10/h5,7H,4,6H2,1-3H3,(H,13,19)(H2,14,15,16,20). The van der Waals surface area contributed by atoms with E-state index in [-0.39, 0.29) is 18.4 Å². The summed E-state index contributed by atoms with van der Waals surface area (Å²) >= 11 is 0. The van der Waals surface area contributed by atoms with Crippen molar-refractivity contribution < 1.29 is 4.79 Å². The molecule has 2 aromatic rings. The summed E-state index contributed by atoms with van der Waals surface area (Å²) in [5.74, 6) is 0.405. The zero-order valence-electron chi connectivity index (χ0n) is 11.7. The number of rotatable bonds is 5. The summed E-state index contributed by atoms with van der Waals surface area (Å²) in [4.78, 5) is 25.5. The summed E-state index contributed by atoms with van der Waals surface area (Å²) in [7, 11) is 0. The molecule has 0 aliphatic rings. The quantitative estimate of drug-likeness (QED) is 0.734. The van der Waals surface area contributed by atoms with Gasteiger partial charge in [0.15, 0.2) is 0 Å². The van der Waals surface area contributed by atoms with Crippen LogP contribution in [-0.2, 0) is 13.1 Å². The van der Waals surface area contributed by atoms with Crippen LogP contribution >= 0.6 is 0 Å². The average molecular weight is 278 g/mol. The summed E-state index contributed by atoms with van der Waals surface area (Å²) in [6.45, 7) is 6.76. The molecule has 0 atom stereocenters. The topological polar surface area (TPSA) is 108 Å². The molecule has 0 fully saturated rings. The van der Waals surface area contributed by atoms with Crippen molar-refractivity contribution in [2.75, 3.05) is 0 Å². The van der Waals surface area contributed by atoms with Crippen LogP contribution < -0.4 is 11.0 Å². The van der Waals surface area contributed by atoms with E-state index in [0.717, 1.165) is 5.69 Å². The lowest BCUT2D eigenvalue weighted by Crippen LogP contribution is -2.26. The summed E-state index contributed by atoms with van der Waals surface area (Å²) in [5.41, 5.74) is 0.995. The van der Waals surface area contributed by atoms with Gasteiger partial charge < -0.3 is 5.32 Å². The van der Waals surface area contributed by atoms with Crippen LogP contribution in [0.15, 0.2) is 10.9 Å². The third kappa shape index (κ3) is 2.95. The third-order valence-corrected chi connectivity index (χ3v) is 2.89. The number of amides is 1. The van der Waals surface area contributed by atoms with Gasteiger partial charge in [0, 0.05) is 6.54 Å². The fourth-order valence-corrected chi connectivity index (χ4v) is 1.79. The van der Waals surface area contributed by atoms with Gasteiger partial charge in [-0.05, 0) is 18.9 Å². The van der Waals surface area contributed by atoms with Crippen molar-refractivity contribution in [3.05, 3.63) is 33.8 Å². The molecule has 0 saturated carbocycles. The Morgan fingerprint density at radius 2 is 2.25 bits per heavy atom. The molecule has 20 heavy (non-hydrogen) atoms. The van der Waals surface area contributed by atoms with Gasteiger partial charge >= 0.3 is 5.69 Å². The van der Waals surface area contributed by atoms with Crippen LogP contribution in [-0.4, -0.2) is 30.9 Å². The molecule has 108 valence electrons. The Bertz CT molecular complexity index is 651. The first-order valence-corrected chi connectivity index (χ1v) is 6.50. The Hall–Kier alpha value is -2.38. The predicted molar refractivity (Wildman–Crippen MR) is 72.4 cm³/mol. The lowest BCUT2D eigenvalue weighted by molar-refractivity contribution is 0.0939. The van der Waals surface area contributed by atoms with Gasteiger partial charge in [-0.2, -0.15) is 10.2 Å². The van der Waals surface area contributed by atoms with Crippen LogP contribution in [0.2, 0.25) is 0 Å². The fraction of sp³-hybridized carbons (Fsp3) is 0.500. The molecule has 1 amide bonds. The van der Waals surface area contributed by atoms with Crippen molar-refractivity contribution in [3.8, 4) is 0 Å². The van der Waals surface area contributed by atoms with E-state index in [1.165, 1.54) is 0 Å². The number of nitrogens with zero attached hydrogens (tertiary/aromatic N) is 3. The van der Waals surface area contributed by atoms with Gasteiger partial charge in [0.1, 0.15) is 11.5 Å². The highest BCUT2D eigenvalue weighted by atomic mass is 16.2. The van der Waals surface area contributed by atoms with E-state index in [9.17, 15) is 9.59 Å². The molecular formula is C12H18N6O2. The first-order chi connectivity index (χ1) is 9.51. The van der Waals surface area contributed by atoms with E-state index in [4.69, 9.17) is 0 Å². The lowest BCUT2D eigenvalue weighted by atomic mass is 10.1. The molecule has 0 radical (unpaired) electrons. The Morgan fingerprint density at radius 3 is 2.80 bits per heavy atom. The van der Waals surface area contributed by atoms with Gasteiger partial charge in [-0.15, -0.1) is 0 Å². The van der Waals surface area contributed by atoms with Gasteiger partial charge in [0.2, 0.25) is 0 Å². The van der Waals surface area contributed by atoms with Crippen molar-refractivity contribution in [1.82, 2.24) is 30.3 Å². The number of H-pyrrole nitrogens is 2. The van der Waals surface area contributed by atoms with Gasteiger partial charge in [-0.1, -0.05) is 13.8 Å². The number of hydrogen-bond donors (Lipinski definition) is 3. The van der Waals surface area contributed by atoms with E-state index in [2.05, 4.69) is 25.6 Å². The first kappa shape index (κ1) is 14.0. The number of hydrogen-bond acceptors (Lipinski definition) is 4. The maximum atomic E-state index is 12.1. The van der Waals surface area contributed by atoms with Gasteiger partial charge in [0.25, 0.3) is 5.91 Å². The smallest absolute Gasteiger partial charge is 0.340 e. The zero-order chi connectivity index (χ0) is 14.7. The molecule has 8 heteroatoms. The minimum absolute atomic E-state index is 0.156. The van der Waals surface area contributed by atoms with E-state index >= 15 is 0 Å². The van der Waals surface area contributed by atoms with Crippen molar-refractivity contribution in [3.63, 3.8) is 0 Å². The molecule has 2 aromatic heterocycles. The van der Waals surface area contributed by atoms with Crippen LogP contribution in [0.4, 0.5) is 0 Å². The minimum Gasteiger partial charge on any atom is -0.343 e. The van der Waals surface area contributed by atoms with E-state index in [1.807, 2.05) is 20.8 Å². The van der Waals surface area contributed by atoms with Crippen LogP contribution in [0.3, 0.4) is 0 Å². The number of carbonyl (C=O) groups is 1. The monoisotopic (exact) mass is 278 g/mol. The molecular weight excluding hydrogens is 260 g/mol. The third-order valence-electron chi connectivity index (χ3n) is 2.89. The fourth-order valence-electron chi connectivity index (χ4n) is 1.79. The maximum absolute atomic E-state index is 12.1. The molecule has 0 bridgehead atoms. The number of nitrogens with one attached hydrogen (secondary N) is 3. The summed E-state index contributed by atoms with van der Waals surface area (Å²) in [6.07, 6.45) is 0. The lowest BCUT2D eigenvalue weighted by Gasteiger charge is -2.04. The van der Waals surface area contributed by atoms with E-state index in [0.29, 0.717) is 18.1 Å². The van der Waals surface area contributed by atoms with Crippen molar-refractivity contribution in [2.45, 2.75) is 39.8 Å². The Balaban J connectivity index is 2.10. The summed E-state index contributed by atoms with van der Waals surface area (Å²) < 4.78 is 1.66. The molecule has 0 spiro atoms. The molecule has 2 rings (SSSR count). The summed E-state index contributed by atoms with van der Waals surface area (Å²) in [5, 5.41) is 13.1. The van der Waals surface area contributed by atoms with E-state index in [1.54, 1.807) is 10.7 Å². The average Bonchev–Trinajstić information content (AvgIpc) is 3.01. The maximum Gasteiger partial charge on any atom is 0.340 e. The number of aromatic amines is 2. The molecule has 8 nitrogen and oxygen atoms in total. The minimum atomic E-state index is -0.394. The van der Waals surface area contributed by atoms with E-state index < -0.39 is 5.69 Å². The van der Waals surface area contributed by atoms with Crippen LogP contribution in [0.25, 0.3) is 0 Å². The number of aryl methyl sites for hydroxylation is 1. The number of aromatic nitrogens is 5. The second-order valence-corrected chi connectivity index (χ2v) is 4.73. The molecule has 3 N–H and O–H groups in total. The highest BCUT2D eigenvalue weighted by Crippen LogP contribution is 2.14. The van der Waals surface area contributed by atoms with Gasteiger partial charge in [-0.3, -0.25) is 14.5 Å². The zero-order valence-corrected chi connectivity index (χ0v) is 11.7. The Labute approximate surface area is 115 Å². The number of carbonyl (C=O) groups excluding carboxylic acids is 1. The summed E-state index contributed by atoms with van der Waals surface area (Å²) in [6, 6.07) is 1.79.